The maximum Gasteiger partial charge on any atom is 0.259 e. The minimum Gasteiger partial charge on any atom is -0.361 e. The molecular weight excluding hydrogens is 294 g/mol. The molecule has 23 heavy (non-hydrogen) atoms. The molecule has 7 heteroatoms. The third-order valence-electron chi connectivity index (χ3n) is 4.79. The number of nitrogens with zero attached hydrogens (tertiary/aromatic N) is 4. The van der Waals surface area contributed by atoms with E-state index < -0.39 is 0 Å². The molecule has 0 aromatic carbocycles. The van der Waals surface area contributed by atoms with Crippen LogP contribution in [0.1, 0.15) is 58.6 Å². The summed E-state index contributed by atoms with van der Waals surface area (Å²) in [5, 5.41) is 11.2. The molecule has 0 bridgehead atoms. The van der Waals surface area contributed by atoms with Gasteiger partial charge in [0.2, 0.25) is 0 Å². The molecular formula is C16H21N5O2. The molecule has 7 nitrogen and oxygen atoms in total. The lowest BCUT2D eigenvalue weighted by Crippen LogP contribution is -2.29. The fourth-order valence-corrected chi connectivity index (χ4v) is 3.33. The number of hydrogen-bond acceptors (Lipinski definition) is 5. The van der Waals surface area contributed by atoms with Crippen LogP contribution in [-0.2, 0) is 6.42 Å². The van der Waals surface area contributed by atoms with E-state index in [4.69, 9.17) is 4.52 Å². The summed E-state index contributed by atoms with van der Waals surface area (Å²) in [6.45, 7) is 5.12. The summed E-state index contributed by atoms with van der Waals surface area (Å²) in [6.07, 6.45) is 4.26. The van der Waals surface area contributed by atoms with Crippen LogP contribution in [0, 0.1) is 19.8 Å². The number of nitrogens with one attached hydrogen (secondary N) is 1. The lowest BCUT2D eigenvalue weighted by Gasteiger charge is -2.16. The van der Waals surface area contributed by atoms with Crippen LogP contribution in [0.3, 0.4) is 0 Å². The quantitative estimate of drug-likeness (QED) is 0.932. The number of hydrogen-bond donors (Lipinski definition) is 1. The van der Waals surface area contributed by atoms with Gasteiger partial charge in [-0.15, -0.1) is 0 Å². The zero-order valence-corrected chi connectivity index (χ0v) is 13.5. The standard InChI is InChI=1S/C16H21N5O2/c1-9-14(10(2)23-20-9)16(22)21-6-5-11(8-21)7-13-17-15(19-18-13)12-3-4-12/h11-12H,3-8H2,1-2H3,(H,17,18,19). The molecule has 122 valence electrons. The molecule has 1 saturated carbocycles. The van der Waals surface area contributed by atoms with Gasteiger partial charge >= 0.3 is 0 Å². The van der Waals surface area contributed by atoms with Crippen molar-refractivity contribution in [1.82, 2.24) is 25.2 Å². The van der Waals surface area contributed by atoms with Crippen LogP contribution in [0.2, 0.25) is 0 Å². The second kappa shape index (κ2) is 5.47. The first-order valence-corrected chi connectivity index (χ1v) is 8.25. The van der Waals surface area contributed by atoms with Crippen molar-refractivity contribution >= 4 is 5.91 Å². The largest absolute Gasteiger partial charge is 0.361 e. The SMILES string of the molecule is Cc1noc(C)c1C(=O)N1CCC(Cc2nc(C3CC3)n[nH]2)C1. The summed E-state index contributed by atoms with van der Waals surface area (Å²) in [5.74, 6) is 3.53. The van der Waals surface area contributed by atoms with Crippen molar-refractivity contribution in [2.75, 3.05) is 13.1 Å². The molecule has 0 spiro atoms. The third kappa shape index (κ3) is 2.75. The highest BCUT2D eigenvalue weighted by atomic mass is 16.5. The van der Waals surface area contributed by atoms with Crippen molar-refractivity contribution < 1.29 is 9.32 Å². The zero-order valence-electron chi connectivity index (χ0n) is 13.5. The van der Waals surface area contributed by atoms with Crippen LogP contribution in [0.15, 0.2) is 4.52 Å². The van der Waals surface area contributed by atoms with Crippen LogP contribution in [0.4, 0.5) is 0 Å². The van der Waals surface area contributed by atoms with Crippen molar-refractivity contribution in [3.05, 3.63) is 28.7 Å². The van der Waals surface area contributed by atoms with Crippen molar-refractivity contribution in [1.29, 1.82) is 0 Å². The molecule has 1 aliphatic carbocycles. The van der Waals surface area contributed by atoms with Crippen LogP contribution in [0.25, 0.3) is 0 Å². The molecule has 1 amide bonds. The molecule has 1 saturated heterocycles. The summed E-state index contributed by atoms with van der Waals surface area (Å²) >= 11 is 0. The summed E-state index contributed by atoms with van der Waals surface area (Å²) in [7, 11) is 0. The van der Waals surface area contributed by atoms with Crippen LogP contribution < -0.4 is 0 Å². The number of carbonyl (C=O) groups excluding carboxylic acids is 1. The Morgan fingerprint density at radius 1 is 1.35 bits per heavy atom. The summed E-state index contributed by atoms with van der Waals surface area (Å²) in [4.78, 5) is 19.1. The highest BCUT2D eigenvalue weighted by Gasteiger charge is 2.32. The number of carbonyl (C=O) groups is 1. The fraction of sp³-hybridized carbons (Fsp3) is 0.625. The van der Waals surface area contributed by atoms with Gasteiger partial charge in [0.1, 0.15) is 17.1 Å². The Balaban J connectivity index is 1.39. The lowest BCUT2D eigenvalue weighted by atomic mass is 10.0. The van der Waals surface area contributed by atoms with E-state index >= 15 is 0 Å². The predicted molar refractivity (Wildman–Crippen MR) is 82.0 cm³/mol. The number of likely N-dealkylation sites (tertiary alicyclic amines) is 1. The maximum absolute atomic E-state index is 12.6. The Bertz CT molecular complexity index is 711. The van der Waals surface area contributed by atoms with Gasteiger partial charge in [-0.1, -0.05) is 5.16 Å². The van der Waals surface area contributed by atoms with Gasteiger partial charge in [-0.2, -0.15) is 5.10 Å². The normalized spacial score (nSPS) is 21.1. The van der Waals surface area contributed by atoms with E-state index in [1.165, 1.54) is 12.8 Å². The maximum atomic E-state index is 12.6. The van der Waals surface area contributed by atoms with Gasteiger partial charge in [-0.05, 0) is 39.0 Å². The Labute approximate surface area is 134 Å². The molecule has 2 aromatic rings. The molecule has 1 atom stereocenters. The Hall–Kier alpha value is -2.18. The van der Waals surface area contributed by atoms with Gasteiger partial charge < -0.3 is 9.42 Å². The number of aromatic nitrogens is 4. The Morgan fingerprint density at radius 3 is 2.87 bits per heavy atom. The van der Waals surface area contributed by atoms with Crippen LogP contribution in [-0.4, -0.2) is 44.2 Å². The molecule has 3 heterocycles. The molecule has 1 aliphatic heterocycles. The first-order valence-electron chi connectivity index (χ1n) is 8.25. The smallest absolute Gasteiger partial charge is 0.259 e. The molecule has 2 fully saturated rings. The predicted octanol–water partition coefficient (Wildman–Crippen LogP) is 1.99. The molecule has 1 unspecified atom stereocenters. The number of rotatable bonds is 4. The minimum absolute atomic E-state index is 0.0278. The van der Waals surface area contributed by atoms with Crippen molar-refractivity contribution in [2.45, 2.75) is 45.4 Å². The average molecular weight is 315 g/mol. The Kier molecular flexibility index (Phi) is 3.43. The first-order chi connectivity index (χ1) is 11.1. The van der Waals surface area contributed by atoms with E-state index in [1.54, 1.807) is 6.92 Å². The van der Waals surface area contributed by atoms with E-state index in [0.29, 0.717) is 28.9 Å². The second-order valence-corrected chi connectivity index (χ2v) is 6.72. The van der Waals surface area contributed by atoms with E-state index in [-0.39, 0.29) is 5.91 Å². The number of aryl methyl sites for hydroxylation is 2. The van der Waals surface area contributed by atoms with E-state index in [0.717, 1.165) is 37.6 Å². The third-order valence-corrected chi connectivity index (χ3v) is 4.79. The summed E-state index contributed by atoms with van der Waals surface area (Å²) < 4.78 is 5.11. The summed E-state index contributed by atoms with van der Waals surface area (Å²) in [5.41, 5.74) is 1.28. The summed E-state index contributed by atoms with van der Waals surface area (Å²) in [6, 6.07) is 0. The zero-order chi connectivity index (χ0) is 16.0. The van der Waals surface area contributed by atoms with Gasteiger partial charge in [-0.3, -0.25) is 9.89 Å². The topological polar surface area (TPSA) is 87.9 Å². The molecule has 1 N–H and O–H groups in total. The van der Waals surface area contributed by atoms with E-state index in [2.05, 4.69) is 20.3 Å². The monoisotopic (exact) mass is 315 g/mol. The fourth-order valence-electron chi connectivity index (χ4n) is 3.33. The van der Waals surface area contributed by atoms with Gasteiger partial charge in [-0.25, -0.2) is 4.98 Å². The molecule has 0 radical (unpaired) electrons. The van der Waals surface area contributed by atoms with Crippen molar-refractivity contribution in [2.24, 2.45) is 5.92 Å². The van der Waals surface area contributed by atoms with Gasteiger partial charge in [0, 0.05) is 25.4 Å². The minimum atomic E-state index is 0.0278. The van der Waals surface area contributed by atoms with E-state index in [1.807, 2.05) is 11.8 Å². The van der Waals surface area contributed by atoms with Crippen LogP contribution in [0.5, 0.6) is 0 Å². The molecule has 2 aliphatic rings. The Morgan fingerprint density at radius 2 is 2.17 bits per heavy atom. The molecule has 4 rings (SSSR count). The average Bonchev–Trinajstić information content (AvgIpc) is 2.94. The van der Waals surface area contributed by atoms with Gasteiger partial charge in [0.15, 0.2) is 5.82 Å². The molecule has 2 aromatic heterocycles. The van der Waals surface area contributed by atoms with Crippen LogP contribution >= 0.6 is 0 Å². The number of H-pyrrole nitrogens is 1. The van der Waals surface area contributed by atoms with Gasteiger partial charge in [0.25, 0.3) is 5.91 Å². The van der Waals surface area contributed by atoms with Gasteiger partial charge in [0.05, 0.1) is 5.69 Å². The second-order valence-electron chi connectivity index (χ2n) is 6.72. The van der Waals surface area contributed by atoms with E-state index in [9.17, 15) is 4.79 Å². The van der Waals surface area contributed by atoms with Crippen molar-refractivity contribution in [3.8, 4) is 0 Å². The highest BCUT2D eigenvalue weighted by molar-refractivity contribution is 5.96. The highest BCUT2D eigenvalue weighted by Crippen LogP contribution is 2.38. The first kappa shape index (κ1) is 14.4. The number of aromatic amines is 1. The number of amides is 1. The van der Waals surface area contributed by atoms with Crippen molar-refractivity contribution in [3.63, 3.8) is 0 Å². The lowest BCUT2D eigenvalue weighted by molar-refractivity contribution is 0.0784.